The molecule has 26 heavy (non-hydrogen) atoms. The van der Waals surface area contributed by atoms with Crippen LogP contribution in [0.25, 0.3) is 0 Å². The summed E-state index contributed by atoms with van der Waals surface area (Å²) in [5, 5.41) is 0. The topological polar surface area (TPSA) is 9.23 Å². The Morgan fingerprint density at radius 2 is 1.65 bits per heavy atom. The third kappa shape index (κ3) is 2.81. The van der Waals surface area contributed by atoms with Crippen molar-refractivity contribution in [3.8, 4) is 0 Å². The molecule has 0 spiro atoms. The summed E-state index contributed by atoms with van der Waals surface area (Å²) in [5.41, 5.74) is 3.06. The fourth-order valence-corrected chi connectivity index (χ4v) is 9.27. The van der Waals surface area contributed by atoms with Crippen LogP contribution >= 0.6 is 0 Å². The van der Waals surface area contributed by atoms with Crippen molar-refractivity contribution in [2.75, 3.05) is 0 Å². The number of rotatable bonds is 2. The second-order valence-electron chi connectivity index (χ2n) is 12.2. The van der Waals surface area contributed by atoms with Crippen LogP contribution in [0, 0.1) is 34.0 Å². The van der Waals surface area contributed by atoms with Crippen LogP contribution in [0.2, 0.25) is 19.6 Å². The predicted octanol–water partition coefficient (Wildman–Crippen LogP) is 7.20. The first-order chi connectivity index (χ1) is 12.0. The molecule has 3 saturated carbocycles. The molecular weight excluding hydrogens is 332 g/mol. The van der Waals surface area contributed by atoms with Gasteiger partial charge < -0.3 is 4.43 Å². The molecule has 6 atom stereocenters. The van der Waals surface area contributed by atoms with Crippen LogP contribution in [-0.2, 0) is 4.43 Å². The van der Waals surface area contributed by atoms with Crippen molar-refractivity contribution in [1.82, 2.24) is 0 Å². The molecule has 3 fully saturated rings. The van der Waals surface area contributed by atoms with E-state index in [0.717, 1.165) is 17.8 Å². The number of hydrogen-bond acceptors (Lipinski definition) is 1. The van der Waals surface area contributed by atoms with Crippen LogP contribution < -0.4 is 0 Å². The fourth-order valence-electron chi connectivity index (χ4n) is 8.00. The van der Waals surface area contributed by atoms with E-state index in [-0.39, 0.29) is 5.41 Å². The van der Waals surface area contributed by atoms with E-state index >= 15 is 0 Å². The minimum Gasteiger partial charge on any atom is -0.414 e. The van der Waals surface area contributed by atoms with E-state index in [0.29, 0.717) is 16.9 Å². The molecule has 0 aromatic carbocycles. The highest BCUT2D eigenvalue weighted by Gasteiger charge is 2.59. The van der Waals surface area contributed by atoms with Crippen LogP contribution in [0.5, 0.6) is 0 Å². The van der Waals surface area contributed by atoms with Crippen LogP contribution in [0.15, 0.2) is 11.6 Å². The van der Waals surface area contributed by atoms with Gasteiger partial charge in [-0.25, -0.2) is 0 Å². The Labute approximate surface area is 163 Å². The van der Waals surface area contributed by atoms with E-state index in [1.165, 1.54) is 51.4 Å². The highest BCUT2D eigenvalue weighted by atomic mass is 28.4. The Morgan fingerprint density at radius 1 is 0.923 bits per heavy atom. The quantitative estimate of drug-likeness (QED) is 0.367. The zero-order valence-corrected chi connectivity index (χ0v) is 19.5. The monoisotopic (exact) mass is 374 g/mol. The normalized spacial score (nSPS) is 47.6. The van der Waals surface area contributed by atoms with Crippen molar-refractivity contribution >= 4 is 8.32 Å². The molecule has 4 aliphatic rings. The van der Waals surface area contributed by atoms with Crippen molar-refractivity contribution in [2.45, 2.75) is 105 Å². The lowest BCUT2D eigenvalue weighted by Crippen LogP contribution is -2.55. The van der Waals surface area contributed by atoms with Crippen LogP contribution in [0.3, 0.4) is 0 Å². The Hall–Kier alpha value is -0.0831. The van der Waals surface area contributed by atoms with Gasteiger partial charge in [-0.1, -0.05) is 45.8 Å². The molecule has 2 heteroatoms. The van der Waals surface area contributed by atoms with Crippen molar-refractivity contribution in [1.29, 1.82) is 0 Å². The standard InChI is InChI=1S/C24H42OSi/c1-22(2)20-11-10-17-18-9-8-14-23(18,3)15-12-19(17)24(20,4)16-13-21(22)25-26(5,6)7/h11,17-19,21H,8-10,12-16H2,1-7H3/t17-,18-,19-,21-,23-,24+/m0/s1. The third-order valence-corrected chi connectivity index (χ3v) is 10.2. The average Bonchev–Trinajstić information content (AvgIpc) is 2.91. The van der Waals surface area contributed by atoms with Gasteiger partial charge in [-0.2, -0.15) is 0 Å². The van der Waals surface area contributed by atoms with Gasteiger partial charge in [0, 0.05) is 5.41 Å². The molecule has 0 bridgehead atoms. The minimum absolute atomic E-state index is 0.203. The predicted molar refractivity (Wildman–Crippen MR) is 114 cm³/mol. The van der Waals surface area contributed by atoms with E-state index in [1.54, 1.807) is 5.57 Å². The highest BCUT2D eigenvalue weighted by Crippen LogP contribution is 2.67. The number of fused-ring (bicyclic) bond motifs is 5. The second-order valence-corrected chi connectivity index (χ2v) is 16.7. The maximum atomic E-state index is 6.71. The van der Waals surface area contributed by atoms with Crippen molar-refractivity contribution < 1.29 is 4.43 Å². The van der Waals surface area contributed by atoms with E-state index in [9.17, 15) is 0 Å². The van der Waals surface area contributed by atoms with Crippen LogP contribution in [0.1, 0.15) is 79.1 Å². The highest BCUT2D eigenvalue weighted by molar-refractivity contribution is 6.69. The second kappa shape index (κ2) is 5.96. The molecule has 0 radical (unpaired) electrons. The Morgan fingerprint density at radius 3 is 2.35 bits per heavy atom. The number of allylic oxidation sites excluding steroid dienone is 1. The zero-order valence-electron chi connectivity index (χ0n) is 18.5. The molecule has 0 N–H and O–H groups in total. The molecule has 4 aliphatic carbocycles. The smallest absolute Gasteiger partial charge is 0.184 e. The van der Waals surface area contributed by atoms with E-state index in [4.69, 9.17) is 4.43 Å². The first-order valence-electron chi connectivity index (χ1n) is 11.4. The summed E-state index contributed by atoms with van der Waals surface area (Å²) < 4.78 is 6.71. The summed E-state index contributed by atoms with van der Waals surface area (Å²) in [7, 11) is -1.50. The first-order valence-corrected chi connectivity index (χ1v) is 14.8. The Balaban J connectivity index is 1.66. The molecule has 1 nitrogen and oxygen atoms in total. The third-order valence-electron chi connectivity index (χ3n) is 9.17. The van der Waals surface area contributed by atoms with E-state index in [1.807, 2.05) is 0 Å². The van der Waals surface area contributed by atoms with E-state index < -0.39 is 8.32 Å². The van der Waals surface area contributed by atoms with Gasteiger partial charge in [0.2, 0.25) is 0 Å². The van der Waals surface area contributed by atoms with Gasteiger partial charge in [-0.15, -0.1) is 0 Å². The van der Waals surface area contributed by atoms with Gasteiger partial charge >= 0.3 is 0 Å². The molecule has 0 unspecified atom stereocenters. The molecule has 4 rings (SSSR count). The Kier molecular flexibility index (Phi) is 4.41. The van der Waals surface area contributed by atoms with Gasteiger partial charge in [-0.3, -0.25) is 0 Å². The van der Waals surface area contributed by atoms with Crippen molar-refractivity contribution in [3.63, 3.8) is 0 Å². The number of hydrogen-bond donors (Lipinski definition) is 0. The van der Waals surface area contributed by atoms with Gasteiger partial charge in [0.15, 0.2) is 8.32 Å². The summed E-state index contributed by atoms with van der Waals surface area (Å²) in [6.45, 7) is 17.3. The fraction of sp³-hybridized carbons (Fsp3) is 0.917. The maximum absolute atomic E-state index is 6.71. The summed E-state index contributed by atoms with van der Waals surface area (Å²) in [4.78, 5) is 0. The zero-order chi connectivity index (χ0) is 19.0. The minimum atomic E-state index is -1.50. The van der Waals surface area contributed by atoms with Gasteiger partial charge in [-0.05, 0) is 93.2 Å². The lowest BCUT2D eigenvalue weighted by Gasteiger charge is -2.61. The Bertz CT molecular complexity index is 600. The first kappa shape index (κ1) is 19.2. The maximum Gasteiger partial charge on any atom is 0.184 e. The lowest BCUT2D eigenvalue weighted by atomic mass is 9.45. The summed E-state index contributed by atoms with van der Waals surface area (Å²) in [5.74, 6) is 2.87. The van der Waals surface area contributed by atoms with Gasteiger partial charge in [0.1, 0.15) is 0 Å². The average molecular weight is 375 g/mol. The molecule has 0 aliphatic heterocycles. The van der Waals surface area contributed by atoms with Crippen molar-refractivity contribution in [3.05, 3.63) is 11.6 Å². The summed E-state index contributed by atoms with van der Waals surface area (Å²) in [6.07, 6.45) is 14.5. The van der Waals surface area contributed by atoms with Gasteiger partial charge in [0.05, 0.1) is 6.10 Å². The SMILES string of the molecule is CC1(C)C2=CC[C@H]3[C@@H]4CCC[C@@]4(C)CC[C@@H]3[C@@]2(C)CC[C@@H]1O[Si](C)(C)C. The summed E-state index contributed by atoms with van der Waals surface area (Å²) in [6, 6.07) is 0. The molecule has 0 aromatic rings. The van der Waals surface area contributed by atoms with Crippen LogP contribution in [0.4, 0.5) is 0 Å². The molecule has 0 heterocycles. The largest absolute Gasteiger partial charge is 0.414 e. The van der Waals surface area contributed by atoms with Crippen LogP contribution in [-0.4, -0.2) is 14.4 Å². The lowest BCUT2D eigenvalue weighted by molar-refractivity contribution is -0.0612. The molecule has 148 valence electrons. The summed E-state index contributed by atoms with van der Waals surface area (Å²) >= 11 is 0. The van der Waals surface area contributed by atoms with Crippen molar-refractivity contribution in [2.24, 2.45) is 34.0 Å². The molecule has 0 amide bonds. The molecular formula is C24H42OSi. The van der Waals surface area contributed by atoms with E-state index in [2.05, 4.69) is 53.4 Å². The van der Waals surface area contributed by atoms with Gasteiger partial charge in [0.25, 0.3) is 0 Å². The molecule has 0 saturated heterocycles. The molecule has 0 aromatic heterocycles.